The summed E-state index contributed by atoms with van der Waals surface area (Å²) in [7, 11) is 0. The Hall–Kier alpha value is -1.75. The summed E-state index contributed by atoms with van der Waals surface area (Å²) in [6, 6.07) is 5.79. The summed E-state index contributed by atoms with van der Waals surface area (Å²) in [5.41, 5.74) is 6.90. The van der Waals surface area contributed by atoms with Gasteiger partial charge in [0.15, 0.2) is 18.1 Å². The molecule has 0 spiro atoms. The van der Waals surface area contributed by atoms with Crippen molar-refractivity contribution in [2.45, 2.75) is 39.7 Å². The normalized spacial score (nSPS) is 11.8. The Morgan fingerprint density at radius 2 is 2.05 bits per heavy atom. The number of carbonyl (C=O) groups excluding carboxylic acids is 1. The molecule has 0 fully saturated rings. The van der Waals surface area contributed by atoms with E-state index in [0.29, 0.717) is 24.7 Å². The van der Waals surface area contributed by atoms with Crippen LogP contribution in [-0.2, 0) is 11.2 Å². The number of nitrogens with one attached hydrogen (secondary N) is 1. The predicted molar refractivity (Wildman–Crippen MR) is 83.8 cm³/mol. The van der Waals surface area contributed by atoms with E-state index < -0.39 is 0 Å². The van der Waals surface area contributed by atoms with Crippen LogP contribution >= 0.6 is 0 Å². The molecule has 0 saturated heterocycles. The van der Waals surface area contributed by atoms with E-state index in [1.807, 2.05) is 39.0 Å². The van der Waals surface area contributed by atoms with Crippen LogP contribution in [0.15, 0.2) is 18.2 Å². The Kier molecular flexibility index (Phi) is 7.61. The van der Waals surface area contributed by atoms with E-state index >= 15 is 0 Å². The number of hydrogen-bond acceptors (Lipinski definition) is 4. The van der Waals surface area contributed by atoms with E-state index in [1.54, 1.807) is 0 Å². The monoisotopic (exact) mass is 294 g/mol. The van der Waals surface area contributed by atoms with Gasteiger partial charge in [-0.25, -0.2) is 0 Å². The highest BCUT2D eigenvalue weighted by atomic mass is 16.5. The molecule has 0 saturated carbocycles. The molecule has 1 rings (SSSR count). The molecule has 0 radical (unpaired) electrons. The minimum Gasteiger partial charge on any atom is -0.490 e. The number of hydrogen-bond donors (Lipinski definition) is 2. The summed E-state index contributed by atoms with van der Waals surface area (Å²) in [4.78, 5) is 11.6. The van der Waals surface area contributed by atoms with Crippen LogP contribution in [-0.4, -0.2) is 31.7 Å². The van der Waals surface area contributed by atoms with Gasteiger partial charge in [0, 0.05) is 12.6 Å². The van der Waals surface area contributed by atoms with Crippen LogP contribution in [0.5, 0.6) is 11.5 Å². The smallest absolute Gasteiger partial charge is 0.257 e. The molecular weight excluding hydrogens is 268 g/mol. The molecule has 0 aliphatic heterocycles. The maximum Gasteiger partial charge on any atom is 0.257 e. The Labute approximate surface area is 126 Å². The molecule has 5 heteroatoms. The van der Waals surface area contributed by atoms with Gasteiger partial charge in [0.05, 0.1) is 6.61 Å². The van der Waals surface area contributed by atoms with Crippen molar-refractivity contribution in [3.05, 3.63) is 23.8 Å². The van der Waals surface area contributed by atoms with Crippen molar-refractivity contribution in [1.82, 2.24) is 5.32 Å². The number of carbonyl (C=O) groups is 1. The second-order valence-corrected chi connectivity index (χ2v) is 5.03. The molecular formula is C16H26N2O3. The van der Waals surface area contributed by atoms with Crippen molar-refractivity contribution < 1.29 is 14.3 Å². The lowest BCUT2D eigenvalue weighted by atomic mass is 10.1. The summed E-state index contributed by atoms with van der Waals surface area (Å²) in [5, 5.41) is 2.77. The molecule has 21 heavy (non-hydrogen) atoms. The Balaban J connectivity index is 2.69. The summed E-state index contributed by atoms with van der Waals surface area (Å²) >= 11 is 0. The fourth-order valence-corrected chi connectivity index (χ4v) is 1.90. The Morgan fingerprint density at radius 1 is 1.29 bits per heavy atom. The lowest BCUT2D eigenvalue weighted by Crippen LogP contribution is -2.29. The number of ether oxygens (including phenoxy) is 2. The van der Waals surface area contributed by atoms with Gasteiger partial charge in [0.25, 0.3) is 5.91 Å². The topological polar surface area (TPSA) is 73.6 Å². The number of amides is 1. The number of nitrogens with two attached hydrogens (primary N) is 1. The fourth-order valence-electron chi connectivity index (χ4n) is 1.90. The average molecular weight is 294 g/mol. The zero-order valence-corrected chi connectivity index (χ0v) is 13.1. The van der Waals surface area contributed by atoms with Gasteiger partial charge in [0.2, 0.25) is 0 Å². The first kappa shape index (κ1) is 17.3. The van der Waals surface area contributed by atoms with Crippen LogP contribution in [0, 0.1) is 0 Å². The second-order valence-electron chi connectivity index (χ2n) is 5.03. The maximum atomic E-state index is 11.6. The fraction of sp³-hybridized carbons (Fsp3) is 0.562. The van der Waals surface area contributed by atoms with Crippen LogP contribution in [0.3, 0.4) is 0 Å². The molecule has 1 unspecified atom stereocenters. The van der Waals surface area contributed by atoms with E-state index in [4.69, 9.17) is 15.2 Å². The van der Waals surface area contributed by atoms with Gasteiger partial charge < -0.3 is 20.5 Å². The first-order valence-corrected chi connectivity index (χ1v) is 7.47. The first-order valence-electron chi connectivity index (χ1n) is 7.47. The van der Waals surface area contributed by atoms with Crippen LogP contribution in [0.4, 0.5) is 0 Å². The Bertz CT molecular complexity index is 447. The van der Waals surface area contributed by atoms with Crippen LogP contribution in [0.1, 0.15) is 32.8 Å². The second kappa shape index (κ2) is 9.23. The standard InChI is InChI=1S/C16H26N2O3/c1-4-8-18-16(19)11-21-14-7-6-13(9-12(3)17)10-15(14)20-5-2/h6-7,10,12H,4-5,8-9,11,17H2,1-3H3,(H,18,19). The molecule has 0 aromatic heterocycles. The molecule has 0 aliphatic carbocycles. The molecule has 1 aromatic carbocycles. The van der Waals surface area contributed by atoms with Gasteiger partial charge in [-0.15, -0.1) is 0 Å². The Morgan fingerprint density at radius 3 is 2.67 bits per heavy atom. The third-order valence-electron chi connectivity index (χ3n) is 2.80. The van der Waals surface area contributed by atoms with E-state index in [-0.39, 0.29) is 18.6 Å². The third kappa shape index (κ3) is 6.49. The van der Waals surface area contributed by atoms with Crippen molar-refractivity contribution in [1.29, 1.82) is 0 Å². The third-order valence-corrected chi connectivity index (χ3v) is 2.80. The summed E-state index contributed by atoms with van der Waals surface area (Å²) < 4.78 is 11.1. The van der Waals surface area contributed by atoms with Gasteiger partial charge in [0.1, 0.15) is 0 Å². The van der Waals surface area contributed by atoms with Crippen LogP contribution < -0.4 is 20.5 Å². The SMILES string of the molecule is CCCNC(=O)COc1ccc(CC(C)N)cc1OCC. The summed E-state index contributed by atoms with van der Waals surface area (Å²) in [5.74, 6) is 1.11. The average Bonchev–Trinajstić information content (AvgIpc) is 2.44. The van der Waals surface area contributed by atoms with Crippen molar-refractivity contribution in [2.24, 2.45) is 5.73 Å². The van der Waals surface area contributed by atoms with Gasteiger partial charge in [-0.3, -0.25) is 4.79 Å². The zero-order chi connectivity index (χ0) is 15.7. The highest BCUT2D eigenvalue weighted by Gasteiger charge is 2.09. The van der Waals surface area contributed by atoms with E-state index in [9.17, 15) is 4.79 Å². The van der Waals surface area contributed by atoms with Crippen molar-refractivity contribution in [3.8, 4) is 11.5 Å². The van der Waals surface area contributed by atoms with Gasteiger partial charge in [-0.05, 0) is 44.4 Å². The predicted octanol–water partition coefficient (Wildman–Crippen LogP) is 1.88. The highest BCUT2D eigenvalue weighted by Crippen LogP contribution is 2.28. The molecule has 1 aromatic rings. The van der Waals surface area contributed by atoms with E-state index in [0.717, 1.165) is 18.4 Å². The molecule has 0 aliphatic rings. The van der Waals surface area contributed by atoms with Crippen molar-refractivity contribution in [3.63, 3.8) is 0 Å². The quantitative estimate of drug-likeness (QED) is 0.729. The maximum absolute atomic E-state index is 11.6. The lowest BCUT2D eigenvalue weighted by molar-refractivity contribution is -0.123. The molecule has 0 heterocycles. The van der Waals surface area contributed by atoms with E-state index in [2.05, 4.69) is 5.32 Å². The summed E-state index contributed by atoms with van der Waals surface area (Å²) in [6.45, 7) is 7.07. The largest absolute Gasteiger partial charge is 0.490 e. The van der Waals surface area contributed by atoms with Gasteiger partial charge in [-0.2, -0.15) is 0 Å². The molecule has 1 atom stereocenters. The molecule has 118 valence electrons. The minimum atomic E-state index is -0.126. The molecule has 1 amide bonds. The van der Waals surface area contributed by atoms with Crippen LogP contribution in [0.25, 0.3) is 0 Å². The van der Waals surface area contributed by atoms with Crippen molar-refractivity contribution in [2.75, 3.05) is 19.8 Å². The molecule has 5 nitrogen and oxygen atoms in total. The summed E-state index contributed by atoms with van der Waals surface area (Å²) in [6.07, 6.45) is 1.68. The van der Waals surface area contributed by atoms with Crippen molar-refractivity contribution >= 4 is 5.91 Å². The van der Waals surface area contributed by atoms with Gasteiger partial charge >= 0.3 is 0 Å². The van der Waals surface area contributed by atoms with Crippen LogP contribution in [0.2, 0.25) is 0 Å². The molecule has 0 bridgehead atoms. The zero-order valence-electron chi connectivity index (χ0n) is 13.1. The number of benzene rings is 1. The number of rotatable bonds is 9. The first-order chi connectivity index (χ1) is 10.1. The van der Waals surface area contributed by atoms with E-state index in [1.165, 1.54) is 0 Å². The van der Waals surface area contributed by atoms with Gasteiger partial charge in [-0.1, -0.05) is 13.0 Å². The highest BCUT2D eigenvalue weighted by molar-refractivity contribution is 5.77. The molecule has 3 N–H and O–H groups in total. The lowest BCUT2D eigenvalue weighted by Gasteiger charge is -2.14. The minimum absolute atomic E-state index is 0.00723.